The first-order valence-corrected chi connectivity index (χ1v) is 9.13. The van der Waals surface area contributed by atoms with Gasteiger partial charge >= 0.3 is 0 Å². The fraction of sp³-hybridized carbons (Fsp3) is 0.182. The molecule has 0 unspecified atom stereocenters. The molecule has 0 aliphatic rings. The molecule has 0 aliphatic heterocycles. The molecule has 0 saturated heterocycles. The van der Waals surface area contributed by atoms with E-state index in [1.165, 1.54) is 11.3 Å². The summed E-state index contributed by atoms with van der Waals surface area (Å²) in [7, 11) is -3.55. The van der Waals surface area contributed by atoms with Gasteiger partial charge in [-0.1, -0.05) is 15.9 Å². The van der Waals surface area contributed by atoms with E-state index in [4.69, 9.17) is 0 Å². The van der Waals surface area contributed by atoms with Crippen molar-refractivity contribution in [2.75, 3.05) is 0 Å². The number of sulfonamides is 1. The van der Waals surface area contributed by atoms with Crippen molar-refractivity contribution in [1.29, 1.82) is 0 Å². The maximum absolute atomic E-state index is 12.2. The lowest BCUT2D eigenvalue weighted by atomic mass is 10.4. The van der Waals surface area contributed by atoms with Crippen molar-refractivity contribution >= 4 is 53.2 Å². The molecule has 8 heteroatoms. The molecule has 1 aromatic carbocycles. The number of hydrogen-bond acceptors (Lipinski definition) is 4. The van der Waals surface area contributed by atoms with Gasteiger partial charge in [0.2, 0.25) is 10.0 Å². The summed E-state index contributed by atoms with van der Waals surface area (Å²) in [4.78, 5) is 5.39. The van der Waals surface area contributed by atoms with Crippen molar-refractivity contribution in [2.24, 2.45) is 0 Å². The van der Waals surface area contributed by atoms with Gasteiger partial charge in [-0.05, 0) is 41.1 Å². The minimum absolute atomic E-state index is 0.198. The van der Waals surface area contributed by atoms with E-state index < -0.39 is 10.0 Å². The van der Waals surface area contributed by atoms with Crippen LogP contribution in [0.15, 0.2) is 38.2 Å². The van der Waals surface area contributed by atoms with Gasteiger partial charge in [-0.15, -0.1) is 11.3 Å². The second-order valence-corrected chi connectivity index (χ2v) is 8.59. The van der Waals surface area contributed by atoms with Gasteiger partial charge in [-0.3, -0.25) is 0 Å². The molecule has 1 N–H and O–H groups in total. The largest absolute Gasteiger partial charge is 0.248 e. The first-order chi connectivity index (χ1) is 8.88. The molecule has 0 bridgehead atoms. The van der Waals surface area contributed by atoms with E-state index in [1.807, 2.05) is 6.92 Å². The first kappa shape index (κ1) is 15.1. The van der Waals surface area contributed by atoms with E-state index in [0.29, 0.717) is 4.47 Å². The maximum Gasteiger partial charge on any atom is 0.242 e. The molecule has 19 heavy (non-hydrogen) atoms. The number of aromatic nitrogens is 1. The van der Waals surface area contributed by atoms with Crippen LogP contribution >= 0.6 is 43.2 Å². The summed E-state index contributed by atoms with van der Waals surface area (Å²) in [6.45, 7) is 2.13. The highest BCUT2D eigenvalue weighted by molar-refractivity contribution is 9.11. The molecule has 2 rings (SSSR count). The third kappa shape index (κ3) is 3.85. The van der Waals surface area contributed by atoms with Crippen LogP contribution < -0.4 is 4.72 Å². The molecule has 2 aromatic rings. The van der Waals surface area contributed by atoms with E-state index >= 15 is 0 Å². The van der Waals surface area contributed by atoms with Crippen LogP contribution in [0.3, 0.4) is 0 Å². The number of nitrogens with one attached hydrogen (secondary N) is 1. The molecule has 0 amide bonds. The normalized spacial score (nSPS) is 11.7. The van der Waals surface area contributed by atoms with Crippen LogP contribution in [0.4, 0.5) is 0 Å². The Bertz CT molecular complexity index is 698. The maximum atomic E-state index is 12.2. The van der Waals surface area contributed by atoms with Gasteiger partial charge in [-0.2, -0.15) is 0 Å². The average molecular weight is 426 g/mol. The number of nitrogens with zero attached hydrogens (tertiary/aromatic N) is 1. The van der Waals surface area contributed by atoms with Crippen molar-refractivity contribution in [2.45, 2.75) is 18.4 Å². The highest BCUT2D eigenvalue weighted by atomic mass is 79.9. The molecule has 0 spiro atoms. The van der Waals surface area contributed by atoms with Gasteiger partial charge in [0.15, 0.2) is 0 Å². The number of rotatable bonds is 4. The summed E-state index contributed by atoms with van der Waals surface area (Å²) in [5.74, 6) is 0. The monoisotopic (exact) mass is 424 g/mol. The van der Waals surface area contributed by atoms with Gasteiger partial charge in [0, 0.05) is 20.0 Å². The van der Waals surface area contributed by atoms with Gasteiger partial charge in [-0.25, -0.2) is 18.1 Å². The van der Waals surface area contributed by atoms with Crippen molar-refractivity contribution in [1.82, 2.24) is 9.71 Å². The van der Waals surface area contributed by atoms with Crippen LogP contribution in [0, 0.1) is 6.92 Å². The zero-order chi connectivity index (χ0) is 14.0. The predicted octanol–water partition coefficient (Wildman–Crippen LogP) is 3.46. The quantitative estimate of drug-likeness (QED) is 0.815. The first-order valence-electron chi connectivity index (χ1n) is 5.24. The Kier molecular flexibility index (Phi) is 4.78. The molecule has 0 radical (unpaired) electrons. The predicted molar refractivity (Wildman–Crippen MR) is 82.7 cm³/mol. The van der Waals surface area contributed by atoms with Crippen LogP contribution in [0.25, 0.3) is 0 Å². The third-order valence-electron chi connectivity index (χ3n) is 2.27. The summed E-state index contributed by atoms with van der Waals surface area (Å²) in [6, 6.07) is 4.93. The fourth-order valence-corrected chi connectivity index (χ4v) is 4.96. The summed E-state index contributed by atoms with van der Waals surface area (Å²) < 4.78 is 28.2. The summed E-state index contributed by atoms with van der Waals surface area (Å²) in [5, 5.41) is 0.745. The van der Waals surface area contributed by atoms with E-state index in [2.05, 4.69) is 41.6 Å². The SMILES string of the molecule is Cc1cnc(CNS(=O)(=O)c2ccc(Br)cc2Br)s1. The number of hydrogen-bond donors (Lipinski definition) is 1. The molecule has 0 aliphatic carbocycles. The van der Waals surface area contributed by atoms with Crippen LogP contribution in [0.2, 0.25) is 0 Å². The molecule has 102 valence electrons. The average Bonchev–Trinajstić information content (AvgIpc) is 2.72. The molecule has 1 heterocycles. The Balaban J connectivity index is 2.18. The van der Waals surface area contributed by atoms with Crippen molar-refractivity contribution in [3.63, 3.8) is 0 Å². The molecular formula is C11H10Br2N2O2S2. The molecular weight excluding hydrogens is 416 g/mol. The van der Waals surface area contributed by atoms with Crippen LogP contribution in [0.1, 0.15) is 9.88 Å². The minimum atomic E-state index is -3.55. The molecule has 0 atom stereocenters. The van der Waals surface area contributed by atoms with Gasteiger partial charge in [0.05, 0.1) is 11.4 Å². The van der Waals surface area contributed by atoms with Crippen LogP contribution in [-0.4, -0.2) is 13.4 Å². The Morgan fingerprint density at radius 3 is 2.68 bits per heavy atom. The Hall–Kier alpha value is -0.280. The standard InChI is InChI=1S/C11H10Br2N2O2S2/c1-7-5-14-11(18-7)6-15-19(16,17)10-3-2-8(12)4-9(10)13/h2-5,15H,6H2,1H3. The van der Waals surface area contributed by atoms with Gasteiger partial charge in [0.25, 0.3) is 0 Å². The van der Waals surface area contributed by atoms with Gasteiger partial charge < -0.3 is 0 Å². The Labute approximate surface area is 132 Å². The molecule has 1 aromatic heterocycles. The second-order valence-electron chi connectivity index (χ2n) is 3.76. The highest BCUT2D eigenvalue weighted by Crippen LogP contribution is 2.25. The number of thiazole rings is 1. The molecule has 0 fully saturated rings. The van der Waals surface area contributed by atoms with Gasteiger partial charge in [0.1, 0.15) is 5.01 Å². The van der Waals surface area contributed by atoms with Crippen molar-refractivity contribution < 1.29 is 8.42 Å². The van der Waals surface area contributed by atoms with Crippen LogP contribution in [0.5, 0.6) is 0 Å². The zero-order valence-electron chi connectivity index (χ0n) is 9.85. The van der Waals surface area contributed by atoms with Crippen molar-refractivity contribution in [3.8, 4) is 0 Å². The van der Waals surface area contributed by atoms with Crippen LogP contribution in [-0.2, 0) is 16.6 Å². The summed E-state index contributed by atoms with van der Waals surface area (Å²) in [5.41, 5.74) is 0. The lowest BCUT2D eigenvalue weighted by Gasteiger charge is -2.07. The van der Waals surface area contributed by atoms with E-state index in [9.17, 15) is 8.42 Å². The number of benzene rings is 1. The third-order valence-corrected chi connectivity index (χ3v) is 6.05. The molecule has 4 nitrogen and oxygen atoms in total. The molecule has 0 saturated carbocycles. The Morgan fingerprint density at radius 2 is 2.11 bits per heavy atom. The smallest absolute Gasteiger partial charge is 0.242 e. The lowest BCUT2D eigenvalue weighted by molar-refractivity contribution is 0.580. The summed E-state index contributed by atoms with van der Waals surface area (Å²) in [6.07, 6.45) is 1.73. The second kappa shape index (κ2) is 6.01. The highest BCUT2D eigenvalue weighted by Gasteiger charge is 2.17. The number of aryl methyl sites for hydroxylation is 1. The van der Waals surface area contributed by atoms with E-state index in [1.54, 1.807) is 24.4 Å². The lowest BCUT2D eigenvalue weighted by Crippen LogP contribution is -2.23. The topological polar surface area (TPSA) is 59.1 Å². The Morgan fingerprint density at radius 1 is 1.37 bits per heavy atom. The zero-order valence-corrected chi connectivity index (χ0v) is 14.7. The van der Waals surface area contributed by atoms with Crippen molar-refractivity contribution in [3.05, 3.63) is 43.2 Å². The number of halogens is 2. The minimum Gasteiger partial charge on any atom is -0.248 e. The fourth-order valence-electron chi connectivity index (χ4n) is 1.41. The van der Waals surface area contributed by atoms with E-state index in [-0.39, 0.29) is 11.4 Å². The van der Waals surface area contributed by atoms with E-state index in [0.717, 1.165) is 14.4 Å². The summed E-state index contributed by atoms with van der Waals surface area (Å²) >= 11 is 8.01.